The zero-order chi connectivity index (χ0) is 15.9. The molecular weight excluding hydrogens is 282 g/mol. The van der Waals surface area contributed by atoms with Gasteiger partial charge in [-0.25, -0.2) is 4.79 Å². The van der Waals surface area contributed by atoms with E-state index in [4.69, 9.17) is 4.74 Å². The number of benzene rings is 1. The molecule has 0 saturated carbocycles. The molecule has 1 aromatic carbocycles. The molecule has 0 aromatic heterocycles. The largest absolute Gasteiger partial charge is 0.493 e. The average Bonchev–Trinajstić information content (AvgIpc) is 2.92. The standard InChI is InChI=1S/C16H23N3O3/c1-11(2)7-8-22-14-6-4-3-5-12(14)9-17-15(20)13-10-18-16(21)19-13/h3-6,11,13H,7-10H2,1-2H3,(H,17,20)(H2,18,19,21)/t13-/m1/s1. The minimum absolute atomic E-state index is 0.199. The molecule has 1 aliphatic rings. The third-order valence-electron chi connectivity index (χ3n) is 3.47. The van der Waals surface area contributed by atoms with Crippen molar-refractivity contribution in [2.45, 2.75) is 32.9 Å². The number of carbonyl (C=O) groups is 2. The van der Waals surface area contributed by atoms with Crippen molar-refractivity contribution >= 4 is 11.9 Å². The van der Waals surface area contributed by atoms with E-state index >= 15 is 0 Å². The van der Waals surface area contributed by atoms with E-state index in [-0.39, 0.29) is 11.9 Å². The van der Waals surface area contributed by atoms with Crippen LogP contribution in [0.2, 0.25) is 0 Å². The van der Waals surface area contributed by atoms with Crippen molar-refractivity contribution in [3.8, 4) is 5.75 Å². The Labute approximate surface area is 130 Å². The van der Waals surface area contributed by atoms with Crippen molar-refractivity contribution < 1.29 is 14.3 Å². The van der Waals surface area contributed by atoms with Gasteiger partial charge in [-0.2, -0.15) is 0 Å². The van der Waals surface area contributed by atoms with Gasteiger partial charge in [0.2, 0.25) is 5.91 Å². The number of ether oxygens (including phenoxy) is 1. The number of urea groups is 1. The first-order valence-corrected chi connectivity index (χ1v) is 7.59. The molecule has 1 atom stereocenters. The monoisotopic (exact) mass is 305 g/mol. The van der Waals surface area contributed by atoms with Crippen LogP contribution in [0.1, 0.15) is 25.8 Å². The molecule has 6 heteroatoms. The number of amides is 3. The number of carbonyl (C=O) groups excluding carboxylic acids is 2. The van der Waals surface area contributed by atoms with E-state index in [1.54, 1.807) is 0 Å². The van der Waals surface area contributed by atoms with Gasteiger partial charge in [0.25, 0.3) is 0 Å². The van der Waals surface area contributed by atoms with E-state index in [1.807, 2.05) is 24.3 Å². The summed E-state index contributed by atoms with van der Waals surface area (Å²) in [4.78, 5) is 23.0. The Balaban J connectivity index is 1.86. The summed E-state index contributed by atoms with van der Waals surface area (Å²) < 4.78 is 5.79. The Hall–Kier alpha value is -2.24. The molecule has 2 rings (SSSR count). The van der Waals surface area contributed by atoms with Crippen LogP contribution in [0, 0.1) is 5.92 Å². The highest BCUT2D eigenvalue weighted by Gasteiger charge is 2.26. The first-order chi connectivity index (χ1) is 10.6. The van der Waals surface area contributed by atoms with E-state index in [9.17, 15) is 9.59 Å². The molecule has 1 fully saturated rings. The maximum Gasteiger partial charge on any atom is 0.315 e. The maximum absolute atomic E-state index is 12.0. The second kappa shape index (κ2) is 7.68. The lowest BCUT2D eigenvalue weighted by Crippen LogP contribution is -2.42. The molecule has 1 heterocycles. The topological polar surface area (TPSA) is 79.5 Å². The smallest absolute Gasteiger partial charge is 0.315 e. The van der Waals surface area contributed by atoms with Gasteiger partial charge in [0.05, 0.1) is 6.61 Å². The highest BCUT2D eigenvalue weighted by atomic mass is 16.5. The van der Waals surface area contributed by atoms with Crippen LogP contribution in [-0.2, 0) is 11.3 Å². The summed E-state index contributed by atoms with van der Waals surface area (Å²) in [6.45, 7) is 5.66. The van der Waals surface area contributed by atoms with Crippen LogP contribution in [0.5, 0.6) is 5.75 Å². The van der Waals surface area contributed by atoms with Crippen LogP contribution >= 0.6 is 0 Å². The lowest BCUT2D eigenvalue weighted by molar-refractivity contribution is -0.122. The molecule has 0 aliphatic carbocycles. The summed E-state index contributed by atoms with van der Waals surface area (Å²) in [6, 6.07) is 6.84. The second-order valence-corrected chi connectivity index (χ2v) is 5.76. The van der Waals surface area contributed by atoms with Crippen LogP contribution < -0.4 is 20.7 Å². The van der Waals surface area contributed by atoms with Gasteiger partial charge in [0.15, 0.2) is 0 Å². The molecule has 3 N–H and O–H groups in total. The van der Waals surface area contributed by atoms with E-state index in [1.165, 1.54) is 0 Å². The first-order valence-electron chi connectivity index (χ1n) is 7.59. The van der Waals surface area contributed by atoms with Gasteiger partial charge >= 0.3 is 6.03 Å². The van der Waals surface area contributed by atoms with Gasteiger partial charge in [0.1, 0.15) is 11.8 Å². The summed E-state index contributed by atoms with van der Waals surface area (Å²) >= 11 is 0. The molecule has 0 spiro atoms. The fourth-order valence-electron chi connectivity index (χ4n) is 2.11. The van der Waals surface area contributed by atoms with Crippen molar-refractivity contribution in [1.82, 2.24) is 16.0 Å². The Bertz CT molecular complexity index is 531. The SMILES string of the molecule is CC(C)CCOc1ccccc1CNC(=O)[C@H]1CNC(=O)N1. The Kier molecular flexibility index (Phi) is 5.63. The van der Waals surface area contributed by atoms with Crippen molar-refractivity contribution in [3.05, 3.63) is 29.8 Å². The normalized spacial score (nSPS) is 17.0. The molecule has 0 bridgehead atoms. The predicted molar refractivity (Wildman–Crippen MR) is 83.6 cm³/mol. The van der Waals surface area contributed by atoms with Gasteiger partial charge in [-0.3, -0.25) is 4.79 Å². The predicted octanol–water partition coefficient (Wildman–Crippen LogP) is 1.41. The number of nitrogens with one attached hydrogen (secondary N) is 3. The fourth-order valence-corrected chi connectivity index (χ4v) is 2.11. The zero-order valence-electron chi connectivity index (χ0n) is 13.0. The second-order valence-electron chi connectivity index (χ2n) is 5.76. The number of hydrogen-bond acceptors (Lipinski definition) is 3. The van der Waals surface area contributed by atoms with Crippen molar-refractivity contribution in [3.63, 3.8) is 0 Å². The molecule has 120 valence electrons. The van der Waals surface area contributed by atoms with Gasteiger partial charge in [-0.05, 0) is 18.4 Å². The first kappa shape index (κ1) is 16.1. The van der Waals surface area contributed by atoms with Crippen LogP contribution in [0.3, 0.4) is 0 Å². The summed E-state index contributed by atoms with van der Waals surface area (Å²) in [5.74, 6) is 1.18. The molecule has 1 saturated heterocycles. The quantitative estimate of drug-likeness (QED) is 0.712. The fraction of sp³-hybridized carbons (Fsp3) is 0.500. The number of hydrogen-bond donors (Lipinski definition) is 3. The summed E-state index contributed by atoms with van der Waals surface area (Å²) in [5.41, 5.74) is 0.928. The molecule has 3 amide bonds. The van der Waals surface area contributed by atoms with Gasteiger partial charge < -0.3 is 20.7 Å². The summed E-state index contributed by atoms with van der Waals surface area (Å²) in [5, 5.41) is 7.95. The van der Waals surface area contributed by atoms with Crippen LogP contribution in [0.4, 0.5) is 4.79 Å². The van der Waals surface area contributed by atoms with E-state index < -0.39 is 6.04 Å². The lowest BCUT2D eigenvalue weighted by Gasteiger charge is -2.14. The minimum atomic E-state index is -0.512. The molecule has 1 aromatic rings. The van der Waals surface area contributed by atoms with E-state index in [2.05, 4.69) is 29.8 Å². The van der Waals surface area contributed by atoms with Gasteiger partial charge in [-0.1, -0.05) is 32.0 Å². The molecule has 22 heavy (non-hydrogen) atoms. The van der Waals surface area contributed by atoms with E-state index in [0.717, 1.165) is 17.7 Å². The van der Waals surface area contributed by atoms with Gasteiger partial charge in [-0.15, -0.1) is 0 Å². The molecule has 6 nitrogen and oxygen atoms in total. The highest BCUT2D eigenvalue weighted by molar-refractivity contribution is 5.90. The maximum atomic E-state index is 12.0. The molecule has 1 aliphatic heterocycles. The Morgan fingerprint density at radius 3 is 2.86 bits per heavy atom. The number of rotatable bonds is 7. The third kappa shape index (κ3) is 4.65. The minimum Gasteiger partial charge on any atom is -0.493 e. The third-order valence-corrected chi connectivity index (χ3v) is 3.47. The van der Waals surface area contributed by atoms with E-state index in [0.29, 0.717) is 25.6 Å². The average molecular weight is 305 g/mol. The van der Waals surface area contributed by atoms with Crippen molar-refractivity contribution in [1.29, 1.82) is 0 Å². The zero-order valence-corrected chi connectivity index (χ0v) is 13.0. The van der Waals surface area contributed by atoms with Crippen LogP contribution in [0.25, 0.3) is 0 Å². The van der Waals surface area contributed by atoms with Crippen LogP contribution in [-0.4, -0.2) is 31.1 Å². The van der Waals surface area contributed by atoms with Gasteiger partial charge in [0, 0.05) is 18.7 Å². The Morgan fingerprint density at radius 2 is 2.18 bits per heavy atom. The Morgan fingerprint density at radius 1 is 1.41 bits per heavy atom. The molecular formula is C16H23N3O3. The van der Waals surface area contributed by atoms with Crippen LogP contribution in [0.15, 0.2) is 24.3 Å². The molecule has 0 radical (unpaired) electrons. The van der Waals surface area contributed by atoms with Crippen molar-refractivity contribution in [2.24, 2.45) is 5.92 Å². The number of para-hydroxylation sites is 1. The highest BCUT2D eigenvalue weighted by Crippen LogP contribution is 2.18. The molecule has 0 unspecified atom stereocenters. The summed E-state index contributed by atoms with van der Waals surface area (Å²) in [6.07, 6.45) is 0.987. The summed E-state index contributed by atoms with van der Waals surface area (Å²) in [7, 11) is 0. The lowest BCUT2D eigenvalue weighted by atomic mass is 10.1. The van der Waals surface area contributed by atoms with Crippen molar-refractivity contribution in [2.75, 3.05) is 13.2 Å².